The van der Waals surface area contributed by atoms with Crippen molar-refractivity contribution in [2.45, 2.75) is 6.61 Å². The molecule has 1 aliphatic rings. The Kier molecular flexibility index (Phi) is 4.78. The molecular weight excluding hydrogens is 290 g/mol. The van der Waals surface area contributed by atoms with Crippen molar-refractivity contribution in [3.63, 3.8) is 0 Å². The minimum absolute atomic E-state index is 0.102. The van der Waals surface area contributed by atoms with E-state index in [1.807, 2.05) is 0 Å². The zero-order valence-corrected chi connectivity index (χ0v) is 11.2. The third-order valence-corrected chi connectivity index (χ3v) is 3.48. The average molecular weight is 302 g/mol. The number of nitrogens with one attached hydrogen (secondary N) is 1. The monoisotopic (exact) mass is 302 g/mol. The number of ether oxygens (including phenoxy) is 1. The number of carbonyl (C=O) groups excluding carboxylic acids is 2. The molecule has 0 aliphatic carbocycles. The van der Waals surface area contributed by atoms with Gasteiger partial charge in [-0.15, -0.1) is 11.8 Å². The molecule has 0 aromatic heterocycles. The Balaban J connectivity index is 1.98. The van der Waals surface area contributed by atoms with Gasteiger partial charge in [-0.2, -0.15) is 8.78 Å². The quantitative estimate of drug-likeness (QED) is 0.900. The molecule has 1 aliphatic heterocycles. The van der Waals surface area contributed by atoms with Crippen molar-refractivity contribution in [1.29, 1.82) is 0 Å². The standard InChI is InChI=1S/C12H12F2N2O3S/c13-12(14)19-9-4-2-1-3-8(9)15-10(17)5-16-7-20-6-11(16)18/h1-4,12H,5-7H2,(H,15,17). The van der Waals surface area contributed by atoms with Crippen molar-refractivity contribution in [3.8, 4) is 5.75 Å². The molecular formula is C12H12F2N2O3S. The SMILES string of the molecule is O=C(CN1CSCC1=O)Nc1ccccc1OC(F)F. The Morgan fingerprint density at radius 2 is 2.20 bits per heavy atom. The maximum atomic E-state index is 12.2. The van der Waals surface area contributed by atoms with Crippen LogP contribution in [0.4, 0.5) is 14.5 Å². The summed E-state index contributed by atoms with van der Waals surface area (Å²) >= 11 is 1.42. The first-order valence-corrected chi connectivity index (χ1v) is 6.91. The molecule has 0 radical (unpaired) electrons. The van der Waals surface area contributed by atoms with E-state index in [1.54, 1.807) is 6.07 Å². The number of para-hydroxylation sites is 2. The van der Waals surface area contributed by atoms with Gasteiger partial charge >= 0.3 is 6.61 Å². The minimum Gasteiger partial charge on any atom is -0.433 e. The molecule has 1 saturated heterocycles. The van der Waals surface area contributed by atoms with Gasteiger partial charge in [-0.05, 0) is 12.1 Å². The van der Waals surface area contributed by atoms with E-state index < -0.39 is 12.5 Å². The average Bonchev–Trinajstić information content (AvgIpc) is 2.77. The van der Waals surface area contributed by atoms with Crippen molar-refractivity contribution in [3.05, 3.63) is 24.3 Å². The van der Waals surface area contributed by atoms with E-state index in [2.05, 4.69) is 10.1 Å². The molecule has 2 amide bonds. The lowest BCUT2D eigenvalue weighted by atomic mass is 10.3. The summed E-state index contributed by atoms with van der Waals surface area (Å²) in [7, 11) is 0. The normalized spacial score (nSPS) is 14.8. The molecule has 5 nitrogen and oxygen atoms in total. The topological polar surface area (TPSA) is 58.6 Å². The van der Waals surface area contributed by atoms with Gasteiger partial charge in [-0.25, -0.2) is 0 Å². The van der Waals surface area contributed by atoms with E-state index in [0.717, 1.165) is 0 Å². The van der Waals surface area contributed by atoms with Crippen molar-refractivity contribution in [1.82, 2.24) is 4.90 Å². The summed E-state index contributed by atoms with van der Waals surface area (Å²) < 4.78 is 28.8. The van der Waals surface area contributed by atoms with Gasteiger partial charge in [0, 0.05) is 0 Å². The minimum atomic E-state index is -2.97. The summed E-state index contributed by atoms with van der Waals surface area (Å²) in [6.45, 7) is -3.07. The van der Waals surface area contributed by atoms with Gasteiger partial charge < -0.3 is 15.0 Å². The maximum absolute atomic E-state index is 12.2. The Hall–Kier alpha value is -1.83. The van der Waals surface area contributed by atoms with Crippen LogP contribution in [0.25, 0.3) is 0 Å². The smallest absolute Gasteiger partial charge is 0.387 e. The largest absolute Gasteiger partial charge is 0.433 e. The number of hydrogen-bond donors (Lipinski definition) is 1. The molecule has 1 heterocycles. The Labute approximate surface area is 118 Å². The molecule has 2 rings (SSSR count). The molecule has 1 fully saturated rings. The van der Waals surface area contributed by atoms with E-state index in [-0.39, 0.29) is 23.9 Å². The van der Waals surface area contributed by atoms with Crippen LogP contribution in [-0.4, -0.2) is 41.5 Å². The summed E-state index contributed by atoms with van der Waals surface area (Å²) in [6, 6.07) is 5.90. The highest BCUT2D eigenvalue weighted by molar-refractivity contribution is 8.00. The number of alkyl halides is 2. The van der Waals surface area contributed by atoms with Gasteiger partial charge in [-0.3, -0.25) is 9.59 Å². The highest BCUT2D eigenvalue weighted by Gasteiger charge is 2.23. The summed E-state index contributed by atoms with van der Waals surface area (Å²) in [5.74, 6) is 0.145. The van der Waals surface area contributed by atoms with Crippen LogP contribution in [0, 0.1) is 0 Å². The Bertz CT molecular complexity index is 513. The first-order valence-electron chi connectivity index (χ1n) is 5.75. The van der Waals surface area contributed by atoms with Crippen LogP contribution >= 0.6 is 11.8 Å². The fraction of sp³-hybridized carbons (Fsp3) is 0.333. The molecule has 20 heavy (non-hydrogen) atoms. The van der Waals surface area contributed by atoms with Crippen LogP contribution in [0.15, 0.2) is 24.3 Å². The summed E-state index contributed by atoms with van der Waals surface area (Å²) in [6.07, 6.45) is 0. The van der Waals surface area contributed by atoms with Crippen molar-refractivity contribution >= 4 is 29.3 Å². The number of amides is 2. The molecule has 0 bridgehead atoms. The first kappa shape index (κ1) is 14.6. The molecule has 0 unspecified atom stereocenters. The number of anilines is 1. The van der Waals surface area contributed by atoms with Gasteiger partial charge in [0.05, 0.1) is 17.3 Å². The molecule has 108 valence electrons. The number of thioether (sulfide) groups is 1. The van der Waals surface area contributed by atoms with Crippen molar-refractivity contribution in [2.24, 2.45) is 0 Å². The molecule has 0 saturated carbocycles. The number of benzene rings is 1. The first-order chi connectivity index (χ1) is 9.56. The third-order valence-electron chi connectivity index (χ3n) is 2.54. The van der Waals surface area contributed by atoms with Crippen LogP contribution in [-0.2, 0) is 9.59 Å². The lowest BCUT2D eigenvalue weighted by Gasteiger charge is -2.15. The van der Waals surface area contributed by atoms with Crippen molar-refractivity contribution < 1.29 is 23.1 Å². The molecule has 1 N–H and O–H groups in total. The van der Waals surface area contributed by atoms with E-state index in [4.69, 9.17) is 0 Å². The molecule has 0 spiro atoms. The molecule has 1 aromatic rings. The molecule has 0 atom stereocenters. The van der Waals surface area contributed by atoms with E-state index in [0.29, 0.717) is 11.6 Å². The second kappa shape index (κ2) is 6.56. The van der Waals surface area contributed by atoms with Crippen LogP contribution in [0.1, 0.15) is 0 Å². The predicted molar refractivity (Wildman–Crippen MR) is 70.7 cm³/mol. The summed E-state index contributed by atoms with van der Waals surface area (Å²) in [5.41, 5.74) is 0.150. The zero-order chi connectivity index (χ0) is 14.5. The van der Waals surface area contributed by atoms with Gasteiger partial charge in [0.25, 0.3) is 0 Å². The number of halogens is 2. The second-order valence-electron chi connectivity index (χ2n) is 3.99. The van der Waals surface area contributed by atoms with E-state index >= 15 is 0 Å². The van der Waals surface area contributed by atoms with E-state index in [9.17, 15) is 18.4 Å². The highest BCUT2D eigenvalue weighted by atomic mass is 32.2. The van der Waals surface area contributed by atoms with Gasteiger partial charge in [0.2, 0.25) is 11.8 Å². The van der Waals surface area contributed by atoms with Crippen LogP contribution < -0.4 is 10.1 Å². The number of nitrogens with zero attached hydrogens (tertiary/aromatic N) is 1. The number of carbonyl (C=O) groups is 2. The number of hydrogen-bond acceptors (Lipinski definition) is 4. The fourth-order valence-electron chi connectivity index (χ4n) is 1.67. The lowest BCUT2D eigenvalue weighted by molar-refractivity contribution is -0.130. The predicted octanol–water partition coefficient (Wildman–Crippen LogP) is 1.76. The van der Waals surface area contributed by atoms with E-state index in [1.165, 1.54) is 34.9 Å². The maximum Gasteiger partial charge on any atom is 0.387 e. The van der Waals surface area contributed by atoms with Crippen molar-refractivity contribution in [2.75, 3.05) is 23.5 Å². The molecule has 8 heteroatoms. The van der Waals surface area contributed by atoms with Gasteiger partial charge in [0.15, 0.2) is 0 Å². The van der Waals surface area contributed by atoms with Crippen LogP contribution in [0.5, 0.6) is 5.75 Å². The highest BCUT2D eigenvalue weighted by Crippen LogP contribution is 2.25. The summed E-state index contributed by atoms with van der Waals surface area (Å²) in [5, 5.41) is 2.46. The molecule has 1 aromatic carbocycles. The zero-order valence-electron chi connectivity index (χ0n) is 10.3. The van der Waals surface area contributed by atoms with Gasteiger partial charge in [-0.1, -0.05) is 12.1 Å². The van der Waals surface area contributed by atoms with Crippen LogP contribution in [0.3, 0.4) is 0 Å². The fourth-order valence-corrected chi connectivity index (χ4v) is 2.58. The Morgan fingerprint density at radius 1 is 1.45 bits per heavy atom. The van der Waals surface area contributed by atoms with Gasteiger partial charge in [0.1, 0.15) is 12.3 Å². The van der Waals surface area contributed by atoms with Crippen LogP contribution in [0.2, 0.25) is 0 Å². The number of rotatable bonds is 5. The summed E-state index contributed by atoms with van der Waals surface area (Å²) in [4.78, 5) is 24.6. The second-order valence-corrected chi connectivity index (χ2v) is 4.95. The Morgan fingerprint density at radius 3 is 2.85 bits per heavy atom. The lowest BCUT2D eigenvalue weighted by Crippen LogP contribution is -2.34. The third kappa shape index (κ3) is 3.83.